The van der Waals surface area contributed by atoms with Crippen LogP contribution in [0.15, 0.2) is 42.5 Å². The van der Waals surface area contributed by atoms with Crippen LogP contribution in [0.5, 0.6) is 5.75 Å². The van der Waals surface area contributed by atoms with Crippen molar-refractivity contribution in [2.45, 2.75) is 25.5 Å². The smallest absolute Gasteiger partial charge is 0.123 e. The number of nitrogens with one attached hydrogen (secondary N) is 1. The van der Waals surface area contributed by atoms with E-state index in [2.05, 4.69) is 5.32 Å². The van der Waals surface area contributed by atoms with Crippen molar-refractivity contribution in [3.8, 4) is 5.75 Å². The van der Waals surface area contributed by atoms with Crippen LogP contribution in [0.4, 0.5) is 8.78 Å². The minimum atomic E-state index is -0.234. The summed E-state index contributed by atoms with van der Waals surface area (Å²) in [6, 6.07) is 11.2. The molecule has 0 amide bonds. The van der Waals surface area contributed by atoms with Gasteiger partial charge in [-0.3, -0.25) is 0 Å². The molecule has 2 aromatic rings. The maximum atomic E-state index is 13.2. The molecule has 2 aromatic carbocycles. The van der Waals surface area contributed by atoms with E-state index in [-0.39, 0.29) is 23.8 Å². The number of halogens is 2. The monoisotopic (exact) mass is 289 g/mol. The lowest BCUT2D eigenvalue weighted by atomic mass is 10.1. The second kappa shape index (κ2) is 5.82. The predicted molar refractivity (Wildman–Crippen MR) is 77.3 cm³/mol. The fraction of sp³-hybridized carbons (Fsp3) is 0.294. The van der Waals surface area contributed by atoms with E-state index in [4.69, 9.17) is 4.74 Å². The van der Waals surface area contributed by atoms with Gasteiger partial charge in [-0.15, -0.1) is 0 Å². The van der Waals surface area contributed by atoms with Gasteiger partial charge in [0.25, 0.3) is 0 Å². The van der Waals surface area contributed by atoms with E-state index in [1.54, 1.807) is 18.2 Å². The summed E-state index contributed by atoms with van der Waals surface area (Å²) >= 11 is 0. The summed E-state index contributed by atoms with van der Waals surface area (Å²) in [6.45, 7) is 2.68. The summed E-state index contributed by atoms with van der Waals surface area (Å²) in [5.41, 5.74) is 1.94. The Morgan fingerprint density at radius 2 is 1.86 bits per heavy atom. The fourth-order valence-electron chi connectivity index (χ4n) is 2.58. The molecule has 0 aliphatic carbocycles. The van der Waals surface area contributed by atoms with Crippen molar-refractivity contribution < 1.29 is 13.5 Å². The van der Waals surface area contributed by atoms with E-state index in [0.717, 1.165) is 16.9 Å². The normalized spacial score (nSPS) is 18.1. The average Bonchev–Trinajstić information content (AvgIpc) is 2.87. The zero-order chi connectivity index (χ0) is 14.8. The van der Waals surface area contributed by atoms with Gasteiger partial charge < -0.3 is 10.1 Å². The summed E-state index contributed by atoms with van der Waals surface area (Å²) in [5.74, 6) is 0.297. The molecule has 1 heterocycles. The highest BCUT2D eigenvalue weighted by Gasteiger charge is 2.23. The Balaban J connectivity index is 1.56. The van der Waals surface area contributed by atoms with Crippen molar-refractivity contribution in [3.63, 3.8) is 0 Å². The van der Waals surface area contributed by atoms with Crippen LogP contribution in [0.25, 0.3) is 0 Å². The van der Waals surface area contributed by atoms with Gasteiger partial charge in [0.05, 0.1) is 0 Å². The Bertz CT molecular complexity index is 627. The average molecular weight is 289 g/mol. The largest absolute Gasteiger partial charge is 0.488 e. The SMILES string of the molecule is CC(NCC1Cc2cc(F)ccc2O1)c1ccc(F)cc1. The van der Waals surface area contributed by atoms with Crippen LogP contribution in [0.1, 0.15) is 24.1 Å². The number of hydrogen-bond acceptors (Lipinski definition) is 2. The van der Waals surface area contributed by atoms with Gasteiger partial charge in [-0.1, -0.05) is 12.1 Å². The molecule has 0 saturated heterocycles. The van der Waals surface area contributed by atoms with E-state index in [0.29, 0.717) is 13.0 Å². The van der Waals surface area contributed by atoms with Gasteiger partial charge in [-0.2, -0.15) is 0 Å². The van der Waals surface area contributed by atoms with E-state index >= 15 is 0 Å². The summed E-state index contributed by atoms with van der Waals surface area (Å²) < 4.78 is 31.8. The molecule has 0 radical (unpaired) electrons. The van der Waals surface area contributed by atoms with Crippen LogP contribution in [0, 0.1) is 11.6 Å². The summed E-state index contributed by atoms with van der Waals surface area (Å²) in [4.78, 5) is 0. The van der Waals surface area contributed by atoms with Gasteiger partial charge in [0.2, 0.25) is 0 Å². The quantitative estimate of drug-likeness (QED) is 0.928. The highest BCUT2D eigenvalue weighted by molar-refractivity contribution is 5.38. The first-order chi connectivity index (χ1) is 10.1. The maximum Gasteiger partial charge on any atom is 0.123 e. The van der Waals surface area contributed by atoms with Crippen molar-refractivity contribution in [2.24, 2.45) is 0 Å². The Kier molecular flexibility index (Phi) is 3.88. The number of benzene rings is 2. The molecular weight excluding hydrogens is 272 g/mol. The molecule has 2 unspecified atom stereocenters. The van der Waals surface area contributed by atoms with Crippen LogP contribution in [0.3, 0.4) is 0 Å². The first-order valence-corrected chi connectivity index (χ1v) is 7.06. The molecule has 1 aliphatic rings. The Morgan fingerprint density at radius 3 is 2.62 bits per heavy atom. The Morgan fingerprint density at radius 1 is 1.14 bits per heavy atom. The van der Waals surface area contributed by atoms with Crippen molar-refractivity contribution in [1.82, 2.24) is 5.32 Å². The molecule has 4 heteroatoms. The van der Waals surface area contributed by atoms with Crippen molar-refractivity contribution in [2.75, 3.05) is 6.54 Å². The molecule has 21 heavy (non-hydrogen) atoms. The van der Waals surface area contributed by atoms with Gasteiger partial charge in [-0.05, 0) is 42.8 Å². The van der Waals surface area contributed by atoms with Crippen LogP contribution >= 0.6 is 0 Å². The Labute approximate surface area is 122 Å². The molecule has 1 aliphatic heterocycles. The third-order valence-electron chi connectivity index (χ3n) is 3.79. The lowest BCUT2D eigenvalue weighted by Crippen LogP contribution is -2.31. The van der Waals surface area contributed by atoms with Crippen LogP contribution in [-0.4, -0.2) is 12.6 Å². The molecule has 2 nitrogen and oxygen atoms in total. The number of ether oxygens (including phenoxy) is 1. The molecule has 2 atom stereocenters. The summed E-state index contributed by atoms with van der Waals surface area (Å²) in [5, 5.41) is 3.37. The zero-order valence-electron chi connectivity index (χ0n) is 11.8. The third kappa shape index (κ3) is 3.22. The Hall–Kier alpha value is -1.94. The van der Waals surface area contributed by atoms with E-state index in [1.165, 1.54) is 24.3 Å². The van der Waals surface area contributed by atoms with E-state index < -0.39 is 0 Å². The summed E-state index contributed by atoms with van der Waals surface area (Å²) in [6.07, 6.45) is 0.709. The van der Waals surface area contributed by atoms with Crippen LogP contribution in [-0.2, 0) is 6.42 Å². The minimum absolute atomic E-state index is 0.00435. The third-order valence-corrected chi connectivity index (χ3v) is 3.79. The molecule has 0 bridgehead atoms. The maximum absolute atomic E-state index is 13.2. The molecule has 0 fully saturated rings. The summed E-state index contributed by atoms with van der Waals surface area (Å²) in [7, 11) is 0. The molecule has 3 rings (SSSR count). The van der Waals surface area contributed by atoms with Gasteiger partial charge >= 0.3 is 0 Å². The van der Waals surface area contributed by atoms with Gasteiger partial charge in [0, 0.05) is 24.6 Å². The van der Waals surface area contributed by atoms with Crippen LogP contribution in [0.2, 0.25) is 0 Å². The molecular formula is C17H17F2NO. The fourth-order valence-corrected chi connectivity index (χ4v) is 2.58. The van der Waals surface area contributed by atoms with Gasteiger partial charge in [0.1, 0.15) is 23.5 Å². The number of hydrogen-bond donors (Lipinski definition) is 1. The second-order valence-corrected chi connectivity index (χ2v) is 5.38. The standard InChI is InChI=1S/C17H17F2NO/c1-11(12-2-4-14(18)5-3-12)20-10-16-9-13-8-15(19)6-7-17(13)21-16/h2-8,11,16,20H,9-10H2,1H3. The number of rotatable bonds is 4. The predicted octanol–water partition coefficient (Wildman–Crippen LogP) is 3.62. The topological polar surface area (TPSA) is 21.3 Å². The second-order valence-electron chi connectivity index (χ2n) is 5.38. The minimum Gasteiger partial charge on any atom is -0.488 e. The highest BCUT2D eigenvalue weighted by Crippen LogP contribution is 2.29. The molecule has 1 N–H and O–H groups in total. The first kappa shape index (κ1) is 14.0. The van der Waals surface area contributed by atoms with Crippen molar-refractivity contribution in [3.05, 3.63) is 65.2 Å². The van der Waals surface area contributed by atoms with Crippen molar-refractivity contribution >= 4 is 0 Å². The first-order valence-electron chi connectivity index (χ1n) is 7.06. The molecule has 110 valence electrons. The van der Waals surface area contributed by atoms with Crippen LogP contribution < -0.4 is 10.1 Å². The lowest BCUT2D eigenvalue weighted by Gasteiger charge is -2.17. The number of fused-ring (bicyclic) bond motifs is 1. The van der Waals surface area contributed by atoms with E-state index in [9.17, 15) is 8.78 Å². The lowest BCUT2D eigenvalue weighted by molar-refractivity contribution is 0.222. The zero-order valence-corrected chi connectivity index (χ0v) is 11.8. The highest BCUT2D eigenvalue weighted by atomic mass is 19.1. The molecule has 0 saturated carbocycles. The molecule has 0 aromatic heterocycles. The molecule has 0 spiro atoms. The van der Waals surface area contributed by atoms with E-state index in [1.807, 2.05) is 6.92 Å². The van der Waals surface area contributed by atoms with Crippen molar-refractivity contribution in [1.29, 1.82) is 0 Å². The van der Waals surface area contributed by atoms with Gasteiger partial charge in [-0.25, -0.2) is 8.78 Å². The van der Waals surface area contributed by atoms with Gasteiger partial charge in [0.15, 0.2) is 0 Å².